The molecule has 2 N–H and O–H groups in total. The van der Waals surface area contributed by atoms with Crippen molar-refractivity contribution in [3.63, 3.8) is 0 Å². The monoisotopic (exact) mass is 281 g/mol. The molecule has 112 valence electrons. The number of hydrogen-bond acceptors (Lipinski definition) is 1. The first-order valence-corrected chi connectivity index (χ1v) is 7.91. The molecule has 0 heterocycles. The van der Waals surface area contributed by atoms with E-state index in [4.69, 9.17) is 5.73 Å². The van der Waals surface area contributed by atoms with Crippen molar-refractivity contribution in [2.45, 2.75) is 46.1 Å². The molecular formula is C20H27N. The second-order valence-corrected chi connectivity index (χ2v) is 6.55. The molecule has 0 radical (unpaired) electrons. The van der Waals surface area contributed by atoms with Gasteiger partial charge in [-0.15, -0.1) is 0 Å². The van der Waals surface area contributed by atoms with Crippen LogP contribution in [0.2, 0.25) is 0 Å². The van der Waals surface area contributed by atoms with E-state index >= 15 is 0 Å². The van der Waals surface area contributed by atoms with Crippen LogP contribution < -0.4 is 5.73 Å². The van der Waals surface area contributed by atoms with Crippen molar-refractivity contribution in [3.05, 3.63) is 70.8 Å². The van der Waals surface area contributed by atoms with Crippen molar-refractivity contribution in [2.75, 3.05) is 0 Å². The summed E-state index contributed by atoms with van der Waals surface area (Å²) < 4.78 is 0. The van der Waals surface area contributed by atoms with E-state index in [9.17, 15) is 0 Å². The van der Waals surface area contributed by atoms with Crippen LogP contribution in [-0.2, 0) is 18.4 Å². The Hall–Kier alpha value is -1.60. The molecule has 0 spiro atoms. The normalized spacial score (nSPS) is 14.2. The molecular weight excluding hydrogens is 254 g/mol. The molecule has 0 amide bonds. The van der Waals surface area contributed by atoms with Gasteiger partial charge in [0.15, 0.2) is 0 Å². The Bertz CT molecular complexity index is 579. The van der Waals surface area contributed by atoms with Gasteiger partial charge in [0.25, 0.3) is 0 Å². The number of nitrogens with two attached hydrogens (primary N) is 1. The highest BCUT2D eigenvalue weighted by Gasteiger charge is 2.23. The average molecular weight is 281 g/mol. The van der Waals surface area contributed by atoms with E-state index in [1.165, 1.54) is 22.3 Å². The molecule has 2 aromatic rings. The van der Waals surface area contributed by atoms with Crippen LogP contribution in [0.5, 0.6) is 0 Å². The minimum atomic E-state index is -0.445. The highest BCUT2D eigenvalue weighted by atomic mass is 14.7. The second kappa shape index (κ2) is 6.44. The molecule has 1 heteroatoms. The molecule has 0 aromatic heterocycles. The first-order valence-electron chi connectivity index (χ1n) is 7.91. The first-order chi connectivity index (χ1) is 9.93. The van der Waals surface area contributed by atoms with Crippen LogP contribution in [0.4, 0.5) is 0 Å². The van der Waals surface area contributed by atoms with Crippen molar-refractivity contribution >= 4 is 0 Å². The molecule has 0 bridgehead atoms. The summed E-state index contributed by atoms with van der Waals surface area (Å²) in [5.41, 5.74) is 11.3. The fourth-order valence-electron chi connectivity index (χ4n) is 2.75. The maximum Gasteiger partial charge on any atom is 0.0637 e. The highest BCUT2D eigenvalue weighted by molar-refractivity contribution is 5.40. The predicted molar refractivity (Wildman–Crippen MR) is 91.4 cm³/mol. The standard InChI is InChI=1S/C20H27N/c1-5-16-9-11-18(12-10-16)20(4,21)19-8-6-7-17(14-19)13-15(2)3/h6-12,14-15H,5,13,21H2,1-4H3. The van der Waals surface area contributed by atoms with Crippen molar-refractivity contribution < 1.29 is 0 Å². The molecule has 0 saturated carbocycles. The third-order valence-corrected chi connectivity index (χ3v) is 4.13. The Labute approximate surface area is 129 Å². The minimum Gasteiger partial charge on any atom is -0.318 e. The molecule has 0 saturated heterocycles. The van der Waals surface area contributed by atoms with Gasteiger partial charge in [0, 0.05) is 0 Å². The lowest BCUT2D eigenvalue weighted by Crippen LogP contribution is -2.34. The summed E-state index contributed by atoms with van der Waals surface area (Å²) in [4.78, 5) is 0. The van der Waals surface area contributed by atoms with Gasteiger partial charge in [-0.05, 0) is 47.9 Å². The van der Waals surface area contributed by atoms with Gasteiger partial charge in [-0.25, -0.2) is 0 Å². The van der Waals surface area contributed by atoms with Crippen LogP contribution >= 0.6 is 0 Å². The molecule has 0 aliphatic heterocycles. The van der Waals surface area contributed by atoms with E-state index in [1.807, 2.05) is 0 Å². The van der Waals surface area contributed by atoms with Gasteiger partial charge in [0.2, 0.25) is 0 Å². The van der Waals surface area contributed by atoms with E-state index in [2.05, 4.69) is 76.2 Å². The largest absolute Gasteiger partial charge is 0.318 e. The van der Waals surface area contributed by atoms with Gasteiger partial charge in [0.1, 0.15) is 0 Å². The van der Waals surface area contributed by atoms with Gasteiger partial charge in [0.05, 0.1) is 5.54 Å². The molecule has 1 nitrogen and oxygen atoms in total. The molecule has 1 unspecified atom stereocenters. The Morgan fingerprint density at radius 3 is 2.19 bits per heavy atom. The van der Waals surface area contributed by atoms with Crippen molar-refractivity contribution in [3.8, 4) is 0 Å². The number of hydrogen-bond donors (Lipinski definition) is 1. The second-order valence-electron chi connectivity index (χ2n) is 6.55. The van der Waals surface area contributed by atoms with Crippen molar-refractivity contribution in [2.24, 2.45) is 11.7 Å². The van der Waals surface area contributed by atoms with Crippen LogP contribution in [0.1, 0.15) is 49.9 Å². The van der Waals surface area contributed by atoms with Gasteiger partial charge < -0.3 is 5.73 Å². The summed E-state index contributed by atoms with van der Waals surface area (Å²) in [5.74, 6) is 0.660. The van der Waals surface area contributed by atoms with Crippen molar-refractivity contribution in [1.82, 2.24) is 0 Å². The van der Waals surface area contributed by atoms with E-state index in [0.29, 0.717) is 5.92 Å². The van der Waals surface area contributed by atoms with Crippen LogP contribution in [0.25, 0.3) is 0 Å². The third-order valence-electron chi connectivity index (χ3n) is 4.13. The topological polar surface area (TPSA) is 26.0 Å². The van der Waals surface area contributed by atoms with E-state index < -0.39 is 5.54 Å². The summed E-state index contributed by atoms with van der Waals surface area (Å²) in [7, 11) is 0. The smallest absolute Gasteiger partial charge is 0.0637 e. The van der Waals surface area contributed by atoms with Gasteiger partial charge in [-0.1, -0.05) is 69.3 Å². The molecule has 21 heavy (non-hydrogen) atoms. The molecule has 2 aromatic carbocycles. The van der Waals surface area contributed by atoms with Gasteiger partial charge in [-0.2, -0.15) is 0 Å². The SMILES string of the molecule is CCc1ccc(C(C)(N)c2cccc(CC(C)C)c2)cc1. The molecule has 0 aliphatic rings. The zero-order valence-corrected chi connectivity index (χ0v) is 13.7. The molecule has 0 aliphatic carbocycles. The van der Waals surface area contributed by atoms with E-state index in [-0.39, 0.29) is 0 Å². The molecule has 1 atom stereocenters. The summed E-state index contributed by atoms with van der Waals surface area (Å²) >= 11 is 0. The van der Waals surface area contributed by atoms with Gasteiger partial charge >= 0.3 is 0 Å². The van der Waals surface area contributed by atoms with Crippen LogP contribution in [-0.4, -0.2) is 0 Å². The lowest BCUT2D eigenvalue weighted by molar-refractivity contribution is 0.597. The quantitative estimate of drug-likeness (QED) is 0.846. The summed E-state index contributed by atoms with van der Waals surface area (Å²) in [6, 6.07) is 17.4. The lowest BCUT2D eigenvalue weighted by Gasteiger charge is -2.27. The number of aryl methyl sites for hydroxylation is 1. The summed E-state index contributed by atoms with van der Waals surface area (Å²) in [6.07, 6.45) is 2.16. The molecule has 0 fully saturated rings. The summed E-state index contributed by atoms with van der Waals surface area (Å²) in [6.45, 7) is 8.77. The van der Waals surface area contributed by atoms with Crippen LogP contribution in [0.15, 0.2) is 48.5 Å². The maximum absolute atomic E-state index is 6.65. The minimum absolute atomic E-state index is 0.445. The Morgan fingerprint density at radius 1 is 0.952 bits per heavy atom. The molecule has 2 rings (SSSR count). The lowest BCUT2D eigenvalue weighted by atomic mass is 9.84. The third kappa shape index (κ3) is 3.74. The zero-order chi connectivity index (χ0) is 15.5. The van der Waals surface area contributed by atoms with Crippen LogP contribution in [0, 0.1) is 5.92 Å². The maximum atomic E-state index is 6.65. The Kier molecular flexibility index (Phi) is 4.84. The predicted octanol–water partition coefficient (Wildman–Crippen LogP) is 4.67. The Balaban J connectivity index is 2.33. The zero-order valence-electron chi connectivity index (χ0n) is 13.7. The van der Waals surface area contributed by atoms with Gasteiger partial charge in [-0.3, -0.25) is 0 Å². The van der Waals surface area contributed by atoms with E-state index in [1.54, 1.807) is 0 Å². The number of benzene rings is 2. The average Bonchev–Trinajstić information content (AvgIpc) is 2.47. The first kappa shape index (κ1) is 15.8. The van der Waals surface area contributed by atoms with E-state index in [0.717, 1.165) is 12.8 Å². The van der Waals surface area contributed by atoms with Crippen LogP contribution in [0.3, 0.4) is 0 Å². The fourth-order valence-corrected chi connectivity index (χ4v) is 2.75. The Morgan fingerprint density at radius 2 is 1.62 bits per heavy atom. The number of rotatable bonds is 5. The van der Waals surface area contributed by atoms with Crippen molar-refractivity contribution in [1.29, 1.82) is 0 Å². The highest BCUT2D eigenvalue weighted by Crippen LogP contribution is 2.28. The fraction of sp³-hybridized carbons (Fsp3) is 0.400. The summed E-state index contributed by atoms with van der Waals surface area (Å²) in [5, 5.41) is 0.